The van der Waals surface area contributed by atoms with Crippen LogP contribution in [-0.2, 0) is 4.79 Å². The van der Waals surface area contributed by atoms with Gasteiger partial charge in [0, 0.05) is 44.7 Å². The van der Waals surface area contributed by atoms with Gasteiger partial charge in [-0.25, -0.2) is 0 Å². The minimum Gasteiger partial charge on any atom is -0.355 e. The summed E-state index contributed by atoms with van der Waals surface area (Å²) >= 11 is 0. The van der Waals surface area contributed by atoms with Crippen molar-refractivity contribution in [3.8, 4) is 0 Å². The van der Waals surface area contributed by atoms with E-state index in [1.54, 1.807) is 0 Å². The van der Waals surface area contributed by atoms with Crippen LogP contribution in [0, 0.1) is 5.92 Å². The molecule has 29 heavy (non-hydrogen) atoms. The summed E-state index contributed by atoms with van der Waals surface area (Å²) in [6.07, 6.45) is 12.1. The second-order valence-corrected chi connectivity index (χ2v) is 8.89. The Balaban J connectivity index is 0.00000300. The molecule has 0 radical (unpaired) electrons. The van der Waals surface area contributed by atoms with Gasteiger partial charge in [0.05, 0.1) is 0 Å². The van der Waals surface area contributed by atoms with Crippen LogP contribution in [0.2, 0.25) is 0 Å². The summed E-state index contributed by atoms with van der Waals surface area (Å²) in [6, 6.07) is 0.932. The van der Waals surface area contributed by atoms with Crippen LogP contribution in [0.4, 0.5) is 0 Å². The number of guanidine groups is 1. The first-order chi connectivity index (χ1) is 13.7. The number of hydrogen-bond acceptors (Lipinski definition) is 3. The number of hydrogen-bond donors (Lipinski definition) is 2. The monoisotopic (exact) mass is 519 g/mol. The van der Waals surface area contributed by atoms with Crippen LogP contribution in [0.15, 0.2) is 4.99 Å². The Hall–Kier alpha value is -0.570. The number of nitrogens with one attached hydrogen (secondary N) is 2. The second kappa shape index (κ2) is 13.0. The van der Waals surface area contributed by atoms with E-state index in [0.29, 0.717) is 18.0 Å². The second-order valence-electron chi connectivity index (χ2n) is 8.89. The van der Waals surface area contributed by atoms with Crippen molar-refractivity contribution in [3.63, 3.8) is 0 Å². The highest BCUT2D eigenvalue weighted by molar-refractivity contribution is 14.0. The Kier molecular flexibility index (Phi) is 11.0. The fraction of sp³-hybridized carbons (Fsp3) is 0.909. The maximum Gasteiger partial charge on any atom is 0.225 e. The molecule has 7 heteroatoms. The van der Waals surface area contributed by atoms with E-state index in [0.717, 1.165) is 44.9 Å². The van der Waals surface area contributed by atoms with Gasteiger partial charge in [0.25, 0.3) is 0 Å². The number of likely N-dealkylation sites (tertiary alicyclic amines) is 2. The zero-order chi connectivity index (χ0) is 19.8. The third kappa shape index (κ3) is 7.26. The number of piperidine rings is 1. The highest BCUT2D eigenvalue weighted by Crippen LogP contribution is 2.27. The molecule has 2 unspecified atom stereocenters. The largest absolute Gasteiger partial charge is 0.355 e. The topological polar surface area (TPSA) is 60.0 Å². The Morgan fingerprint density at radius 3 is 2.55 bits per heavy atom. The summed E-state index contributed by atoms with van der Waals surface area (Å²) in [7, 11) is 1.85. The molecular weight excluding hydrogens is 477 g/mol. The van der Waals surface area contributed by atoms with E-state index in [4.69, 9.17) is 0 Å². The molecule has 2 aliphatic heterocycles. The third-order valence-corrected chi connectivity index (χ3v) is 6.82. The first kappa shape index (κ1) is 24.7. The molecule has 2 heterocycles. The number of halogens is 1. The number of aliphatic imine (C=N–C) groups is 1. The Morgan fingerprint density at radius 1 is 1.07 bits per heavy atom. The van der Waals surface area contributed by atoms with Crippen LogP contribution in [-0.4, -0.2) is 73.5 Å². The summed E-state index contributed by atoms with van der Waals surface area (Å²) < 4.78 is 0. The normalized spacial score (nSPS) is 26.4. The molecule has 2 N–H and O–H groups in total. The molecule has 3 rings (SSSR count). The summed E-state index contributed by atoms with van der Waals surface area (Å²) in [5, 5.41) is 7.13. The predicted octanol–water partition coefficient (Wildman–Crippen LogP) is 3.22. The van der Waals surface area contributed by atoms with Crippen LogP contribution in [0.25, 0.3) is 0 Å². The van der Waals surface area contributed by atoms with Crippen molar-refractivity contribution in [1.29, 1.82) is 0 Å². The molecule has 3 fully saturated rings. The zero-order valence-corrected chi connectivity index (χ0v) is 20.8. The van der Waals surface area contributed by atoms with Gasteiger partial charge >= 0.3 is 0 Å². The number of amides is 1. The standard InChI is InChI=1S/C22H41N5O.HI/c1-3-4-13-26-14-8-7-11-20(26)16-24-22(23-2)25-19-12-15-27(17-19)21(28)18-9-5-6-10-18;/h18-20H,3-17H2,1-2H3,(H2,23,24,25);1H. The summed E-state index contributed by atoms with van der Waals surface area (Å²) in [6.45, 7) is 7.39. The summed E-state index contributed by atoms with van der Waals surface area (Å²) in [4.78, 5) is 21.8. The average molecular weight is 520 g/mol. The number of carbonyl (C=O) groups is 1. The van der Waals surface area contributed by atoms with Gasteiger partial charge < -0.3 is 15.5 Å². The maximum atomic E-state index is 12.6. The van der Waals surface area contributed by atoms with E-state index >= 15 is 0 Å². The smallest absolute Gasteiger partial charge is 0.225 e. The minimum atomic E-state index is 0. The van der Waals surface area contributed by atoms with E-state index in [1.807, 2.05) is 7.05 Å². The Labute approximate surface area is 194 Å². The number of nitrogens with zero attached hydrogens (tertiary/aromatic N) is 3. The van der Waals surface area contributed by atoms with Crippen molar-refractivity contribution in [1.82, 2.24) is 20.4 Å². The lowest BCUT2D eigenvalue weighted by Gasteiger charge is -2.36. The molecule has 3 aliphatic rings. The van der Waals surface area contributed by atoms with Crippen LogP contribution in [0.1, 0.15) is 71.1 Å². The zero-order valence-electron chi connectivity index (χ0n) is 18.5. The van der Waals surface area contributed by atoms with Crippen molar-refractivity contribution in [2.45, 2.75) is 83.2 Å². The van der Waals surface area contributed by atoms with Gasteiger partial charge in [0.1, 0.15) is 0 Å². The van der Waals surface area contributed by atoms with Crippen molar-refractivity contribution >= 4 is 35.8 Å². The number of carbonyl (C=O) groups excluding carboxylic acids is 1. The average Bonchev–Trinajstić information content (AvgIpc) is 3.42. The summed E-state index contributed by atoms with van der Waals surface area (Å²) in [5.74, 6) is 1.57. The van der Waals surface area contributed by atoms with Gasteiger partial charge in [-0.3, -0.25) is 14.7 Å². The van der Waals surface area contributed by atoms with Gasteiger partial charge in [0.15, 0.2) is 5.96 Å². The minimum absolute atomic E-state index is 0. The lowest BCUT2D eigenvalue weighted by molar-refractivity contribution is -0.134. The van der Waals surface area contributed by atoms with E-state index in [1.165, 1.54) is 58.0 Å². The molecule has 1 saturated carbocycles. The van der Waals surface area contributed by atoms with Gasteiger partial charge in [-0.1, -0.05) is 32.6 Å². The summed E-state index contributed by atoms with van der Waals surface area (Å²) in [5.41, 5.74) is 0. The highest BCUT2D eigenvalue weighted by Gasteiger charge is 2.32. The van der Waals surface area contributed by atoms with Crippen LogP contribution in [0.3, 0.4) is 0 Å². The molecule has 1 amide bonds. The maximum absolute atomic E-state index is 12.6. The predicted molar refractivity (Wildman–Crippen MR) is 131 cm³/mol. The van der Waals surface area contributed by atoms with Gasteiger partial charge in [-0.05, 0) is 51.6 Å². The molecular formula is C22H42IN5O. The van der Waals surface area contributed by atoms with Crippen molar-refractivity contribution < 1.29 is 4.79 Å². The molecule has 168 valence electrons. The molecule has 0 aromatic rings. The van der Waals surface area contributed by atoms with Crippen LogP contribution >= 0.6 is 24.0 Å². The van der Waals surface area contributed by atoms with Crippen LogP contribution in [0.5, 0.6) is 0 Å². The molecule has 0 aromatic heterocycles. The van der Waals surface area contributed by atoms with Crippen molar-refractivity contribution in [2.75, 3.05) is 39.8 Å². The first-order valence-electron chi connectivity index (χ1n) is 11.7. The lowest BCUT2D eigenvalue weighted by atomic mass is 10.0. The molecule has 6 nitrogen and oxygen atoms in total. The van der Waals surface area contributed by atoms with Gasteiger partial charge in [0.2, 0.25) is 5.91 Å². The first-order valence-corrected chi connectivity index (χ1v) is 11.7. The lowest BCUT2D eigenvalue weighted by Crippen LogP contribution is -2.51. The molecule has 2 saturated heterocycles. The van der Waals surface area contributed by atoms with Gasteiger partial charge in [-0.2, -0.15) is 0 Å². The van der Waals surface area contributed by atoms with Gasteiger partial charge in [-0.15, -0.1) is 24.0 Å². The Bertz CT molecular complexity index is 523. The molecule has 0 spiro atoms. The van der Waals surface area contributed by atoms with Crippen molar-refractivity contribution in [3.05, 3.63) is 0 Å². The van der Waals surface area contributed by atoms with Crippen LogP contribution < -0.4 is 10.6 Å². The number of unbranched alkanes of at least 4 members (excludes halogenated alkanes) is 1. The van der Waals surface area contributed by atoms with E-state index in [-0.39, 0.29) is 29.9 Å². The van der Waals surface area contributed by atoms with E-state index in [2.05, 4.69) is 32.3 Å². The third-order valence-electron chi connectivity index (χ3n) is 6.82. The Morgan fingerprint density at radius 2 is 1.83 bits per heavy atom. The fourth-order valence-electron chi connectivity index (χ4n) is 5.06. The molecule has 0 aromatic carbocycles. The fourth-order valence-corrected chi connectivity index (χ4v) is 5.06. The number of rotatable bonds is 7. The highest BCUT2D eigenvalue weighted by atomic mass is 127. The van der Waals surface area contributed by atoms with Crippen molar-refractivity contribution in [2.24, 2.45) is 10.9 Å². The van der Waals surface area contributed by atoms with E-state index < -0.39 is 0 Å². The quantitative estimate of drug-likeness (QED) is 0.308. The molecule has 0 bridgehead atoms. The van der Waals surface area contributed by atoms with E-state index in [9.17, 15) is 4.79 Å². The molecule has 1 aliphatic carbocycles. The SMILES string of the molecule is CCCCN1CCCCC1CNC(=NC)NC1CCN(C(=O)C2CCCC2)C1.I. The molecule has 2 atom stereocenters.